The van der Waals surface area contributed by atoms with Gasteiger partial charge in [0.2, 0.25) is 0 Å². The Hall–Kier alpha value is -1.13. The number of benzene rings is 1. The van der Waals surface area contributed by atoms with Crippen LogP contribution in [0.25, 0.3) is 15.9 Å². The summed E-state index contributed by atoms with van der Waals surface area (Å²) in [7, 11) is 0. The van der Waals surface area contributed by atoms with Gasteiger partial charge in [-0.25, -0.2) is 9.38 Å². The van der Waals surface area contributed by atoms with E-state index in [-0.39, 0.29) is 6.10 Å². The van der Waals surface area contributed by atoms with Crippen LogP contribution in [0.1, 0.15) is 29.9 Å². The van der Waals surface area contributed by atoms with Crippen molar-refractivity contribution >= 4 is 66.7 Å². The molecule has 0 saturated heterocycles. The first kappa shape index (κ1) is 20.8. The molecule has 30 heavy (non-hydrogen) atoms. The highest BCUT2D eigenvalue weighted by Gasteiger charge is 2.28. The minimum atomic E-state index is 0.241. The molecule has 0 fully saturated rings. The summed E-state index contributed by atoms with van der Waals surface area (Å²) in [5.41, 5.74) is 3.52. The fraction of sp³-hybridized carbons (Fsp3) is 0.381. The minimum absolute atomic E-state index is 0.241. The second-order valence-electron chi connectivity index (χ2n) is 7.64. The molecule has 1 aliphatic heterocycles. The first-order valence-electron chi connectivity index (χ1n) is 9.77. The normalized spacial score (nSPS) is 16.6. The van der Waals surface area contributed by atoms with E-state index in [1.807, 2.05) is 0 Å². The fourth-order valence-corrected chi connectivity index (χ4v) is 6.64. The quantitative estimate of drug-likeness (QED) is 0.230. The van der Waals surface area contributed by atoms with Gasteiger partial charge in [-0.05, 0) is 35.4 Å². The van der Waals surface area contributed by atoms with E-state index >= 15 is 0 Å². The van der Waals surface area contributed by atoms with Gasteiger partial charge >= 0.3 is 0 Å². The van der Waals surface area contributed by atoms with Crippen molar-refractivity contribution in [3.63, 3.8) is 0 Å². The average Bonchev–Trinajstić information content (AvgIpc) is 3.33. The van der Waals surface area contributed by atoms with Crippen LogP contribution in [0.4, 0.5) is 0 Å². The highest BCUT2D eigenvalue weighted by molar-refractivity contribution is 9.10. The van der Waals surface area contributed by atoms with Crippen LogP contribution in [0.15, 0.2) is 39.1 Å². The summed E-state index contributed by atoms with van der Waals surface area (Å²) in [5.74, 6) is 1.32. The van der Waals surface area contributed by atoms with Gasteiger partial charge in [0, 0.05) is 21.5 Å². The van der Waals surface area contributed by atoms with Gasteiger partial charge in [-0.3, -0.25) is 0 Å². The molecule has 3 aromatic heterocycles. The second-order valence-corrected chi connectivity index (χ2v) is 11.4. The van der Waals surface area contributed by atoms with E-state index in [0.717, 1.165) is 42.8 Å². The van der Waals surface area contributed by atoms with Crippen molar-refractivity contribution in [2.75, 3.05) is 6.26 Å². The molecule has 1 unspecified atom stereocenters. The van der Waals surface area contributed by atoms with Crippen molar-refractivity contribution < 1.29 is 4.74 Å². The van der Waals surface area contributed by atoms with Gasteiger partial charge in [0.25, 0.3) is 0 Å². The number of fused-ring (bicyclic) bond motifs is 5. The largest absolute Gasteiger partial charge is 0.372 e. The zero-order chi connectivity index (χ0) is 20.8. The highest BCUT2D eigenvalue weighted by atomic mass is 79.9. The van der Waals surface area contributed by atoms with Crippen molar-refractivity contribution in [2.45, 2.75) is 49.0 Å². The zero-order valence-corrected chi connectivity index (χ0v) is 20.9. The van der Waals surface area contributed by atoms with E-state index in [9.17, 15) is 0 Å². The van der Waals surface area contributed by atoms with Crippen molar-refractivity contribution in [1.29, 1.82) is 0 Å². The molecule has 0 bridgehead atoms. The van der Waals surface area contributed by atoms with Crippen LogP contribution < -0.4 is 0 Å². The van der Waals surface area contributed by atoms with Gasteiger partial charge in [-0.1, -0.05) is 65.4 Å². The third-order valence-electron chi connectivity index (χ3n) is 5.36. The maximum atomic E-state index is 6.09. The van der Waals surface area contributed by atoms with Crippen LogP contribution in [0.2, 0.25) is 0 Å². The molecule has 0 amide bonds. The number of halogens is 1. The fourth-order valence-electron chi connectivity index (χ4n) is 3.71. The number of hydrogen-bond donors (Lipinski definition) is 0. The lowest BCUT2D eigenvalue weighted by Gasteiger charge is -2.26. The third kappa shape index (κ3) is 3.68. The Balaban J connectivity index is 1.58. The average molecular weight is 522 g/mol. The zero-order valence-electron chi connectivity index (χ0n) is 16.9. The van der Waals surface area contributed by atoms with Gasteiger partial charge in [0.15, 0.2) is 16.0 Å². The summed E-state index contributed by atoms with van der Waals surface area (Å²) in [5, 5.41) is 12.2. The monoisotopic (exact) mass is 520 g/mol. The molecule has 1 aromatic carbocycles. The van der Waals surface area contributed by atoms with Crippen LogP contribution in [0, 0.1) is 5.92 Å². The number of nitrogens with zero attached hydrogens (tertiary/aromatic N) is 4. The standard InChI is InChI=1S/C21H21BrN4OS3/c1-11(2)15-8-14-16(9-27-15)30-19-17(14)18-24-25-21(26(18)20(23-19)28-3)29-10-12-4-6-13(22)7-5-12/h4-7,11,15H,8-10H2,1-3H3. The number of ether oxygens (including phenoxy) is 1. The molecular formula is C21H21BrN4OS3. The summed E-state index contributed by atoms with van der Waals surface area (Å²) in [6.45, 7) is 5.11. The third-order valence-corrected chi connectivity index (χ3v) is 8.63. The second kappa shape index (κ2) is 8.43. The topological polar surface area (TPSA) is 52.3 Å². The number of thioether (sulfide) groups is 2. The molecule has 4 heterocycles. The number of rotatable bonds is 5. The summed E-state index contributed by atoms with van der Waals surface area (Å²) in [6.07, 6.45) is 3.21. The molecule has 0 N–H and O–H groups in total. The molecule has 0 spiro atoms. The lowest BCUT2D eigenvalue weighted by molar-refractivity contribution is 0.00203. The Morgan fingerprint density at radius 2 is 2.03 bits per heavy atom. The SMILES string of the molecule is CSc1nc2sc3c(c2c2nnc(SCc4ccc(Br)cc4)n12)CC(C(C)C)OC3. The number of hydrogen-bond acceptors (Lipinski definition) is 7. The van der Waals surface area contributed by atoms with E-state index in [1.165, 1.54) is 16.0 Å². The van der Waals surface area contributed by atoms with Crippen molar-refractivity contribution in [2.24, 2.45) is 5.92 Å². The molecule has 4 aromatic rings. The molecule has 0 saturated carbocycles. The lowest BCUT2D eigenvalue weighted by atomic mass is 9.96. The molecule has 0 radical (unpaired) electrons. The highest BCUT2D eigenvalue weighted by Crippen LogP contribution is 2.40. The first-order chi connectivity index (χ1) is 14.5. The molecule has 156 valence electrons. The van der Waals surface area contributed by atoms with Crippen molar-refractivity contribution in [3.8, 4) is 0 Å². The summed E-state index contributed by atoms with van der Waals surface area (Å²) < 4.78 is 9.31. The predicted molar refractivity (Wildman–Crippen MR) is 129 cm³/mol. The molecule has 0 aliphatic carbocycles. The van der Waals surface area contributed by atoms with E-state index in [4.69, 9.17) is 9.72 Å². The molecule has 1 aliphatic rings. The van der Waals surface area contributed by atoms with Crippen molar-refractivity contribution in [3.05, 3.63) is 44.7 Å². The Morgan fingerprint density at radius 3 is 2.77 bits per heavy atom. The Kier molecular flexibility index (Phi) is 5.83. The maximum Gasteiger partial charge on any atom is 0.198 e. The van der Waals surface area contributed by atoms with Gasteiger partial charge in [-0.15, -0.1) is 21.5 Å². The van der Waals surface area contributed by atoms with Crippen molar-refractivity contribution in [1.82, 2.24) is 19.6 Å². The Bertz CT molecular complexity index is 1220. The molecule has 9 heteroatoms. The van der Waals surface area contributed by atoms with E-state index in [0.29, 0.717) is 12.5 Å². The lowest BCUT2D eigenvalue weighted by Crippen LogP contribution is -2.26. The van der Waals surface area contributed by atoms with Gasteiger partial charge < -0.3 is 4.74 Å². The molecule has 1 atom stereocenters. The minimum Gasteiger partial charge on any atom is -0.372 e. The molecule has 5 nitrogen and oxygen atoms in total. The van der Waals surface area contributed by atoms with Crippen LogP contribution in [-0.2, 0) is 23.5 Å². The van der Waals surface area contributed by atoms with E-state index < -0.39 is 0 Å². The van der Waals surface area contributed by atoms with Gasteiger partial charge in [0.1, 0.15) is 4.83 Å². The van der Waals surface area contributed by atoms with Gasteiger partial charge in [-0.2, -0.15) is 0 Å². The number of aromatic nitrogens is 4. The van der Waals surface area contributed by atoms with E-state index in [1.54, 1.807) is 34.9 Å². The Morgan fingerprint density at radius 1 is 1.23 bits per heavy atom. The van der Waals surface area contributed by atoms with Crippen LogP contribution in [-0.4, -0.2) is 31.9 Å². The Labute approximate surface area is 196 Å². The predicted octanol–water partition coefficient (Wildman–Crippen LogP) is 6.21. The maximum absolute atomic E-state index is 6.09. The molecule has 5 rings (SSSR count). The van der Waals surface area contributed by atoms with Crippen LogP contribution >= 0.6 is 50.8 Å². The summed E-state index contributed by atoms with van der Waals surface area (Å²) >= 11 is 8.57. The first-order valence-corrected chi connectivity index (χ1v) is 13.6. The van der Waals surface area contributed by atoms with Crippen LogP contribution in [0.5, 0.6) is 0 Å². The van der Waals surface area contributed by atoms with Crippen LogP contribution in [0.3, 0.4) is 0 Å². The summed E-state index contributed by atoms with van der Waals surface area (Å²) in [6, 6.07) is 8.41. The smallest absolute Gasteiger partial charge is 0.198 e. The molecular weight excluding hydrogens is 500 g/mol. The number of thiophene rings is 1. The van der Waals surface area contributed by atoms with E-state index in [2.05, 4.69) is 74.9 Å². The summed E-state index contributed by atoms with van der Waals surface area (Å²) in [4.78, 5) is 7.31. The van der Waals surface area contributed by atoms with Gasteiger partial charge in [0.05, 0.1) is 18.1 Å².